The number of hydrogen-bond donors (Lipinski definition) is 3. The molecule has 1 aromatic heterocycles. The average molecular weight is 326 g/mol. The summed E-state index contributed by atoms with van der Waals surface area (Å²) in [5.41, 5.74) is 5.38. The molecule has 3 heterocycles. The van der Waals surface area contributed by atoms with Crippen molar-refractivity contribution in [2.24, 2.45) is 11.8 Å². The zero-order chi connectivity index (χ0) is 16.7. The van der Waals surface area contributed by atoms with E-state index in [1.807, 2.05) is 0 Å². The number of allylic oxidation sites excluding steroid dienone is 1. The Hall–Kier alpha value is -1.62. The molecule has 0 aliphatic carbocycles. The van der Waals surface area contributed by atoms with Gasteiger partial charge in [-0.2, -0.15) is 0 Å². The van der Waals surface area contributed by atoms with Crippen LogP contribution in [0.5, 0.6) is 0 Å². The zero-order valence-electron chi connectivity index (χ0n) is 14.2. The van der Waals surface area contributed by atoms with E-state index >= 15 is 0 Å². The highest BCUT2D eigenvalue weighted by molar-refractivity contribution is 5.85. The summed E-state index contributed by atoms with van der Waals surface area (Å²) in [7, 11) is 0. The molecule has 0 spiro atoms. The van der Waals surface area contributed by atoms with Crippen LogP contribution in [-0.2, 0) is 6.42 Å². The Kier molecular flexibility index (Phi) is 4.21. The second-order valence-electron chi connectivity index (χ2n) is 7.13. The van der Waals surface area contributed by atoms with Crippen molar-refractivity contribution in [1.29, 1.82) is 0 Å². The number of fused-ring (bicyclic) bond motifs is 5. The largest absolute Gasteiger partial charge is 0.396 e. The lowest BCUT2D eigenvalue weighted by atomic mass is 9.75. The van der Waals surface area contributed by atoms with Crippen LogP contribution in [-0.4, -0.2) is 46.4 Å². The van der Waals surface area contributed by atoms with Crippen molar-refractivity contribution >= 4 is 10.9 Å². The first kappa shape index (κ1) is 15.9. The van der Waals surface area contributed by atoms with E-state index in [0.29, 0.717) is 6.04 Å². The number of nitrogens with one attached hydrogen (secondary N) is 1. The predicted octanol–water partition coefficient (Wildman–Crippen LogP) is 2.63. The van der Waals surface area contributed by atoms with E-state index in [4.69, 9.17) is 0 Å². The van der Waals surface area contributed by atoms with Crippen molar-refractivity contribution in [2.45, 2.75) is 25.8 Å². The van der Waals surface area contributed by atoms with E-state index in [1.165, 1.54) is 27.7 Å². The molecule has 2 aliphatic heterocycles. The monoisotopic (exact) mass is 326 g/mol. The molecule has 2 aliphatic rings. The Morgan fingerprint density at radius 3 is 2.83 bits per heavy atom. The Morgan fingerprint density at radius 2 is 2.08 bits per heavy atom. The maximum atomic E-state index is 9.69. The maximum Gasteiger partial charge on any atom is 0.0510 e. The number of aromatic nitrogens is 1. The topological polar surface area (TPSA) is 59.5 Å². The van der Waals surface area contributed by atoms with E-state index in [0.717, 1.165) is 25.9 Å². The summed E-state index contributed by atoms with van der Waals surface area (Å²) in [5.74, 6) is 0.191. The Balaban J connectivity index is 1.73. The molecular weight excluding hydrogens is 300 g/mol. The normalized spacial score (nSPS) is 26.1. The highest BCUT2D eigenvalue weighted by Gasteiger charge is 2.39. The van der Waals surface area contributed by atoms with Crippen LogP contribution >= 0.6 is 0 Å². The van der Waals surface area contributed by atoms with Gasteiger partial charge in [0.15, 0.2) is 0 Å². The number of H-pyrrole nitrogens is 1. The summed E-state index contributed by atoms with van der Waals surface area (Å²) in [4.78, 5) is 6.21. The number of hydrogen-bond acceptors (Lipinski definition) is 3. The van der Waals surface area contributed by atoms with Crippen molar-refractivity contribution in [3.8, 4) is 0 Å². The lowest BCUT2D eigenvalue weighted by Crippen LogP contribution is -2.45. The lowest BCUT2D eigenvalue weighted by molar-refractivity contribution is 0.0653. The smallest absolute Gasteiger partial charge is 0.0510 e. The van der Waals surface area contributed by atoms with E-state index in [-0.39, 0.29) is 25.0 Å². The molecule has 0 saturated carbocycles. The molecule has 4 rings (SSSR count). The van der Waals surface area contributed by atoms with Gasteiger partial charge in [0.05, 0.1) is 6.04 Å². The molecule has 4 heteroatoms. The van der Waals surface area contributed by atoms with E-state index < -0.39 is 0 Å². The minimum Gasteiger partial charge on any atom is -0.396 e. The first-order valence-electron chi connectivity index (χ1n) is 8.97. The standard InChI is InChI=1S/C20H26N2O2/c1-2-13-10-22-8-7-16-15-5-3-4-6-18(15)21-20(16)19(22)9-17(13)14(11-23)12-24/h2-6,14,17,19,21,23-24H,7-12H2,1H3. The van der Waals surface area contributed by atoms with Gasteiger partial charge in [0.1, 0.15) is 0 Å². The van der Waals surface area contributed by atoms with Gasteiger partial charge in [-0.1, -0.05) is 29.8 Å². The van der Waals surface area contributed by atoms with Crippen LogP contribution in [0, 0.1) is 11.8 Å². The number of aromatic amines is 1. The Morgan fingerprint density at radius 1 is 1.29 bits per heavy atom. The third-order valence-corrected chi connectivity index (χ3v) is 6.02. The van der Waals surface area contributed by atoms with Crippen LogP contribution in [0.15, 0.2) is 35.9 Å². The molecule has 4 nitrogen and oxygen atoms in total. The van der Waals surface area contributed by atoms with Gasteiger partial charge in [0, 0.05) is 48.8 Å². The summed E-state index contributed by atoms with van der Waals surface area (Å²) in [6.45, 7) is 4.19. The van der Waals surface area contributed by atoms with Crippen LogP contribution < -0.4 is 0 Å². The highest BCUT2D eigenvalue weighted by atomic mass is 16.3. The fourth-order valence-electron chi connectivity index (χ4n) is 4.68. The molecular formula is C20H26N2O2. The van der Waals surface area contributed by atoms with Crippen molar-refractivity contribution in [2.75, 3.05) is 26.3 Å². The molecule has 24 heavy (non-hydrogen) atoms. The summed E-state index contributed by atoms with van der Waals surface area (Å²) < 4.78 is 0. The number of aliphatic hydroxyl groups is 2. The minimum absolute atomic E-state index is 0.0464. The summed E-state index contributed by atoms with van der Waals surface area (Å²) in [6, 6.07) is 8.91. The number of aliphatic hydroxyl groups excluding tert-OH is 2. The van der Waals surface area contributed by atoms with Gasteiger partial charge in [0.25, 0.3) is 0 Å². The average Bonchev–Trinajstić information content (AvgIpc) is 3.01. The van der Waals surface area contributed by atoms with Crippen molar-refractivity contribution in [3.63, 3.8) is 0 Å². The van der Waals surface area contributed by atoms with Crippen LogP contribution in [0.3, 0.4) is 0 Å². The number of para-hydroxylation sites is 1. The molecule has 0 amide bonds. The van der Waals surface area contributed by atoms with Gasteiger partial charge in [-0.05, 0) is 37.3 Å². The Labute approximate surface area is 142 Å². The molecule has 1 saturated heterocycles. The zero-order valence-corrected chi connectivity index (χ0v) is 14.2. The number of piperidine rings is 1. The van der Waals surface area contributed by atoms with Crippen molar-refractivity contribution in [1.82, 2.24) is 9.88 Å². The maximum absolute atomic E-state index is 9.69. The third-order valence-electron chi connectivity index (χ3n) is 6.02. The molecule has 2 unspecified atom stereocenters. The SMILES string of the molecule is CC=C1CN2CCc3c([nH]c4ccccc34)C2CC1C(CO)CO. The van der Waals surface area contributed by atoms with Crippen molar-refractivity contribution < 1.29 is 10.2 Å². The van der Waals surface area contributed by atoms with E-state index in [9.17, 15) is 10.2 Å². The summed E-state index contributed by atoms with van der Waals surface area (Å²) in [6.07, 6.45) is 4.23. The number of benzene rings is 1. The second kappa shape index (κ2) is 6.36. The molecule has 2 aromatic rings. The lowest BCUT2D eigenvalue weighted by Gasteiger charge is -2.45. The van der Waals surface area contributed by atoms with Crippen LogP contribution in [0.2, 0.25) is 0 Å². The van der Waals surface area contributed by atoms with Crippen LogP contribution in [0.25, 0.3) is 10.9 Å². The highest BCUT2D eigenvalue weighted by Crippen LogP contribution is 2.44. The first-order valence-corrected chi connectivity index (χ1v) is 8.97. The third kappa shape index (κ3) is 2.41. The fraction of sp³-hybridized carbons (Fsp3) is 0.500. The van der Waals surface area contributed by atoms with Gasteiger partial charge in [-0.25, -0.2) is 0 Å². The van der Waals surface area contributed by atoms with E-state index in [1.54, 1.807) is 0 Å². The van der Waals surface area contributed by atoms with E-state index in [2.05, 4.69) is 47.1 Å². The fourth-order valence-corrected chi connectivity index (χ4v) is 4.68. The van der Waals surface area contributed by atoms with Gasteiger partial charge in [-0.3, -0.25) is 4.90 Å². The molecule has 2 atom stereocenters. The molecule has 128 valence electrons. The molecule has 0 bridgehead atoms. The van der Waals surface area contributed by atoms with Crippen molar-refractivity contribution in [3.05, 3.63) is 47.2 Å². The van der Waals surface area contributed by atoms with Gasteiger partial charge >= 0.3 is 0 Å². The number of nitrogens with zero attached hydrogens (tertiary/aromatic N) is 1. The molecule has 1 fully saturated rings. The number of rotatable bonds is 3. The first-order chi connectivity index (χ1) is 11.8. The molecule has 3 N–H and O–H groups in total. The summed E-state index contributed by atoms with van der Waals surface area (Å²) in [5, 5.41) is 20.7. The van der Waals surface area contributed by atoms with Crippen LogP contribution in [0.4, 0.5) is 0 Å². The second-order valence-corrected chi connectivity index (χ2v) is 7.13. The molecule has 1 aromatic carbocycles. The van der Waals surface area contributed by atoms with Gasteiger partial charge in [0.2, 0.25) is 0 Å². The van der Waals surface area contributed by atoms with Crippen LogP contribution in [0.1, 0.15) is 30.6 Å². The van der Waals surface area contributed by atoms with Gasteiger partial charge in [-0.15, -0.1) is 0 Å². The predicted molar refractivity (Wildman–Crippen MR) is 95.8 cm³/mol. The minimum atomic E-state index is -0.0619. The van der Waals surface area contributed by atoms with Gasteiger partial charge < -0.3 is 15.2 Å². The summed E-state index contributed by atoms with van der Waals surface area (Å²) >= 11 is 0. The Bertz CT molecular complexity index is 760. The quantitative estimate of drug-likeness (QED) is 0.760. The molecule has 0 radical (unpaired) electrons.